The van der Waals surface area contributed by atoms with Gasteiger partial charge in [0.05, 0.1) is 6.54 Å². The zero-order valence-electron chi connectivity index (χ0n) is 17.3. The fraction of sp³-hybridized carbons (Fsp3) is 0.571. The number of urea groups is 1. The molecule has 0 radical (unpaired) electrons. The molecule has 1 saturated heterocycles. The van der Waals surface area contributed by atoms with Gasteiger partial charge in [0.15, 0.2) is 0 Å². The van der Waals surface area contributed by atoms with E-state index in [0.29, 0.717) is 31.0 Å². The monoisotopic (exact) mass is 402 g/mol. The van der Waals surface area contributed by atoms with Crippen LogP contribution in [0.2, 0.25) is 0 Å². The van der Waals surface area contributed by atoms with Crippen LogP contribution in [-0.4, -0.2) is 46.6 Å². The highest BCUT2D eigenvalue weighted by atomic mass is 16.3. The topological polar surface area (TPSA) is 102 Å². The highest BCUT2D eigenvalue weighted by Gasteiger charge is 2.52. The molecule has 1 aromatic rings. The van der Waals surface area contributed by atoms with Gasteiger partial charge >= 0.3 is 6.03 Å². The van der Waals surface area contributed by atoms with Crippen LogP contribution in [0.1, 0.15) is 46.5 Å². The number of nitrogens with one attached hydrogen (secondary N) is 2. The average molecular weight is 402 g/mol. The van der Waals surface area contributed by atoms with Gasteiger partial charge in [-0.05, 0) is 49.7 Å². The lowest BCUT2D eigenvalue weighted by Gasteiger charge is -2.33. The van der Waals surface area contributed by atoms with Gasteiger partial charge in [-0.2, -0.15) is 5.01 Å². The first-order valence-electron chi connectivity index (χ1n) is 10.2. The van der Waals surface area contributed by atoms with E-state index in [9.17, 15) is 19.5 Å². The maximum atomic E-state index is 12.9. The fourth-order valence-corrected chi connectivity index (χ4v) is 4.04. The van der Waals surface area contributed by atoms with E-state index < -0.39 is 17.5 Å². The first-order chi connectivity index (χ1) is 13.7. The number of amides is 4. The average Bonchev–Trinajstić information content (AvgIpc) is 2.88. The van der Waals surface area contributed by atoms with Crippen LogP contribution in [0.4, 0.5) is 10.5 Å². The Labute approximate surface area is 171 Å². The molecule has 2 aliphatic rings. The number of imide groups is 1. The Balaban J connectivity index is 1.68. The van der Waals surface area contributed by atoms with Gasteiger partial charge in [0.25, 0.3) is 11.8 Å². The van der Waals surface area contributed by atoms with Crippen molar-refractivity contribution in [2.75, 3.05) is 18.0 Å². The molecule has 1 heterocycles. The van der Waals surface area contributed by atoms with Gasteiger partial charge in [-0.15, -0.1) is 0 Å². The summed E-state index contributed by atoms with van der Waals surface area (Å²) in [6.07, 6.45) is 2.92. The molecular weight excluding hydrogens is 372 g/mol. The van der Waals surface area contributed by atoms with Gasteiger partial charge in [0, 0.05) is 18.3 Å². The van der Waals surface area contributed by atoms with Gasteiger partial charge in [0.2, 0.25) is 0 Å². The number of phenols is 1. The Morgan fingerprint density at radius 3 is 2.66 bits per heavy atom. The Morgan fingerprint density at radius 2 is 2.03 bits per heavy atom. The predicted octanol–water partition coefficient (Wildman–Crippen LogP) is 2.39. The summed E-state index contributed by atoms with van der Waals surface area (Å²) in [4.78, 5) is 39.8. The van der Waals surface area contributed by atoms with E-state index in [1.165, 1.54) is 0 Å². The minimum atomic E-state index is -0.889. The summed E-state index contributed by atoms with van der Waals surface area (Å²) >= 11 is 0. The zero-order chi connectivity index (χ0) is 21.2. The Hall–Kier alpha value is -2.77. The predicted molar refractivity (Wildman–Crippen MR) is 109 cm³/mol. The third-order valence-electron chi connectivity index (χ3n) is 5.64. The van der Waals surface area contributed by atoms with Crippen molar-refractivity contribution in [3.8, 4) is 5.75 Å². The van der Waals surface area contributed by atoms with E-state index in [4.69, 9.17) is 0 Å². The molecule has 0 unspecified atom stereocenters. The molecule has 1 aromatic carbocycles. The van der Waals surface area contributed by atoms with E-state index in [1.54, 1.807) is 24.3 Å². The van der Waals surface area contributed by atoms with Crippen LogP contribution in [0.5, 0.6) is 5.75 Å². The van der Waals surface area contributed by atoms with Gasteiger partial charge in [0.1, 0.15) is 11.3 Å². The lowest BCUT2D eigenvalue weighted by atomic mass is 9.77. The van der Waals surface area contributed by atoms with Crippen LogP contribution in [0.25, 0.3) is 0 Å². The Kier molecular flexibility index (Phi) is 6.00. The number of phenolic OH excluding ortho intramolecular Hbond substituents is 1. The molecule has 2 fully saturated rings. The maximum absolute atomic E-state index is 12.9. The third-order valence-corrected chi connectivity index (χ3v) is 5.64. The standard InChI is InChI=1S/C21H30N4O4/c1-14(2)12-24(16-5-4-6-17(26)11-16)13-18(27)23-25-19(28)21(22-20(25)29)9-7-15(3)8-10-21/h4-6,11,14-15,26H,7-10,12-13H2,1-3H3,(H,22,29)(H,23,27). The fourth-order valence-electron chi connectivity index (χ4n) is 4.04. The van der Waals surface area contributed by atoms with E-state index in [-0.39, 0.29) is 24.1 Å². The number of nitrogens with zero attached hydrogens (tertiary/aromatic N) is 2. The van der Waals surface area contributed by atoms with Crippen molar-refractivity contribution in [1.82, 2.24) is 15.8 Å². The highest BCUT2D eigenvalue weighted by Crippen LogP contribution is 2.35. The molecule has 1 spiro atoms. The minimum absolute atomic E-state index is 0.0390. The number of anilines is 1. The molecule has 4 amide bonds. The van der Waals surface area contributed by atoms with Crippen molar-refractivity contribution < 1.29 is 19.5 Å². The summed E-state index contributed by atoms with van der Waals surface area (Å²) in [6.45, 7) is 6.73. The van der Waals surface area contributed by atoms with Gasteiger partial charge in [-0.3, -0.25) is 15.0 Å². The Morgan fingerprint density at radius 1 is 1.34 bits per heavy atom. The quantitative estimate of drug-likeness (QED) is 0.634. The summed E-state index contributed by atoms with van der Waals surface area (Å²) in [6, 6.07) is 6.09. The van der Waals surface area contributed by atoms with Crippen LogP contribution in [-0.2, 0) is 9.59 Å². The van der Waals surface area contributed by atoms with Crippen molar-refractivity contribution in [3.05, 3.63) is 24.3 Å². The summed E-state index contributed by atoms with van der Waals surface area (Å²) in [5.74, 6) is 0.0729. The van der Waals surface area contributed by atoms with Crippen molar-refractivity contribution in [3.63, 3.8) is 0 Å². The van der Waals surface area contributed by atoms with Gasteiger partial charge in [-0.25, -0.2) is 4.79 Å². The number of benzene rings is 1. The highest BCUT2D eigenvalue weighted by molar-refractivity contribution is 6.08. The molecular formula is C21H30N4O4. The molecule has 8 heteroatoms. The summed E-state index contributed by atoms with van der Waals surface area (Å²) in [7, 11) is 0. The first-order valence-corrected chi connectivity index (χ1v) is 10.2. The number of hydrazine groups is 1. The first kappa shape index (κ1) is 21.0. The van der Waals surface area contributed by atoms with E-state index in [1.807, 2.05) is 18.7 Å². The van der Waals surface area contributed by atoms with Crippen LogP contribution in [0, 0.1) is 11.8 Å². The summed E-state index contributed by atoms with van der Waals surface area (Å²) in [5, 5.41) is 13.4. The number of rotatable bonds is 6. The van der Waals surface area contributed by atoms with Crippen molar-refractivity contribution in [2.24, 2.45) is 11.8 Å². The molecule has 1 aliphatic heterocycles. The molecule has 3 N–H and O–H groups in total. The summed E-state index contributed by atoms with van der Waals surface area (Å²) in [5.41, 5.74) is 2.29. The lowest BCUT2D eigenvalue weighted by Crippen LogP contribution is -2.53. The largest absolute Gasteiger partial charge is 0.508 e. The van der Waals surface area contributed by atoms with Crippen LogP contribution in [0.3, 0.4) is 0 Å². The van der Waals surface area contributed by atoms with Gasteiger partial charge in [-0.1, -0.05) is 26.8 Å². The molecule has 0 aromatic heterocycles. The minimum Gasteiger partial charge on any atom is -0.508 e. The number of carbonyl (C=O) groups excluding carboxylic acids is 3. The van der Waals surface area contributed by atoms with Gasteiger partial charge < -0.3 is 15.3 Å². The molecule has 0 atom stereocenters. The third kappa shape index (κ3) is 4.63. The molecule has 1 saturated carbocycles. The van der Waals surface area contributed by atoms with Crippen molar-refractivity contribution in [2.45, 2.75) is 52.0 Å². The van der Waals surface area contributed by atoms with E-state index in [0.717, 1.165) is 17.9 Å². The zero-order valence-corrected chi connectivity index (χ0v) is 17.3. The second-order valence-corrected chi connectivity index (χ2v) is 8.66. The maximum Gasteiger partial charge on any atom is 0.344 e. The smallest absolute Gasteiger partial charge is 0.344 e. The van der Waals surface area contributed by atoms with E-state index >= 15 is 0 Å². The number of carbonyl (C=O) groups is 3. The molecule has 0 bridgehead atoms. The van der Waals surface area contributed by atoms with Crippen LogP contribution >= 0.6 is 0 Å². The van der Waals surface area contributed by atoms with Crippen molar-refractivity contribution >= 4 is 23.5 Å². The second kappa shape index (κ2) is 8.31. The van der Waals surface area contributed by atoms with Crippen molar-refractivity contribution in [1.29, 1.82) is 0 Å². The molecule has 3 rings (SSSR count). The number of aromatic hydroxyl groups is 1. The van der Waals surface area contributed by atoms with Crippen LogP contribution < -0.4 is 15.6 Å². The molecule has 8 nitrogen and oxygen atoms in total. The second-order valence-electron chi connectivity index (χ2n) is 8.66. The SMILES string of the molecule is CC(C)CN(CC(=O)NN1C(=O)NC2(CCC(C)CC2)C1=O)c1cccc(O)c1. The number of hydrogen-bond donors (Lipinski definition) is 3. The Bertz CT molecular complexity index is 787. The lowest BCUT2D eigenvalue weighted by molar-refractivity contribution is -0.139. The molecule has 1 aliphatic carbocycles. The molecule has 158 valence electrons. The summed E-state index contributed by atoms with van der Waals surface area (Å²) < 4.78 is 0. The molecule has 29 heavy (non-hydrogen) atoms. The normalized spacial score (nSPS) is 24.1. The van der Waals surface area contributed by atoms with Crippen LogP contribution in [0.15, 0.2) is 24.3 Å². The number of hydrogen-bond acceptors (Lipinski definition) is 5. The van der Waals surface area contributed by atoms with E-state index in [2.05, 4.69) is 17.7 Å².